The molecule has 0 aliphatic rings. The van der Waals surface area contributed by atoms with Gasteiger partial charge in [-0.25, -0.2) is 0 Å². The van der Waals surface area contributed by atoms with Crippen LogP contribution in [0.25, 0.3) is 0 Å². The number of rotatable bonds is 5. The number of hydrogen-bond acceptors (Lipinski definition) is 1. The Balaban J connectivity index is 1.81. The lowest BCUT2D eigenvalue weighted by Crippen LogP contribution is -2.17. The minimum Gasteiger partial charge on any atom is -0.312 e. The van der Waals surface area contributed by atoms with E-state index in [9.17, 15) is 0 Å². The van der Waals surface area contributed by atoms with Gasteiger partial charge in [0, 0.05) is 11.6 Å². The average molecular weight is 274 g/mol. The SMILES string of the molecule is Cc1cccc(CCNCc2ccc(C)cc2Cl)c1. The van der Waals surface area contributed by atoms with Crippen LogP contribution in [0.4, 0.5) is 0 Å². The van der Waals surface area contributed by atoms with E-state index in [1.807, 2.05) is 6.07 Å². The molecule has 0 heterocycles. The summed E-state index contributed by atoms with van der Waals surface area (Å²) in [7, 11) is 0. The highest BCUT2D eigenvalue weighted by molar-refractivity contribution is 6.31. The highest BCUT2D eigenvalue weighted by atomic mass is 35.5. The smallest absolute Gasteiger partial charge is 0.0453 e. The van der Waals surface area contributed by atoms with Gasteiger partial charge in [-0.05, 0) is 49.6 Å². The van der Waals surface area contributed by atoms with Crippen LogP contribution in [0, 0.1) is 13.8 Å². The molecule has 0 bridgehead atoms. The van der Waals surface area contributed by atoms with E-state index in [1.54, 1.807) is 0 Å². The third kappa shape index (κ3) is 4.38. The van der Waals surface area contributed by atoms with Gasteiger partial charge in [0.15, 0.2) is 0 Å². The Morgan fingerprint density at radius 1 is 1.00 bits per heavy atom. The molecule has 2 aromatic carbocycles. The van der Waals surface area contributed by atoms with Crippen molar-refractivity contribution in [3.63, 3.8) is 0 Å². The van der Waals surface area contributed by atoms with Crippen LogP contribution in [-0.2, 0) is 13.0 Å². The van der Waals surface area contributed by atoms with Crippen LogP contribution in [0.2, 0.25) is 5.02 Å². The van der Waals surface area contributed by atoms with Crippen molar-refractivity contribution in [2.24, 2.45) is 0 Å². The van der Waals surface area contributed by atoms with Gasteiger partial charge in [-0.15, -0.1) is 0 Å². The largest absolute Gasteiger partial charge is 0.312 e. The molecule has 1 nitrogen and oxygen atoms in total. The van der Waals surface area contributed by atoms with E-state index in [4.69, 9.17) is 11.6 Å². The quantitative estimate of drug-likeness (QED) is 0.802. The molecule has 1 N–H and O–H groups in total. The lowest BCUT2D eigenvalue weighted by Gasteiger charge is -2.08. The molecule has 0 spiro atoms. The first-order chi connectivity index (χ1) is 9.15. The van der Waals surface area contributed by atoms with Crippen LogP contribution in [-0.4, -0.2) is 6.54 Å². The van der Waals surface area contributed by atoms with Gasteiger partial charge in [-0.1, -0.05) is 53.6 Å². The zero-order valence-electron chi connectivity index (χ0n) is 11.5. The number of nitrogens with one attached hydrogen (secondary N) is 1. The highest BCUT2D eigenvalue weighted by Crippen LogP contribution is 2.17. The van der Waals surface area contributed by atoms with Gasteiger partial charge < -0.3 is 5.32 Å². The summed E-state index contributed by atoms with van der Waals surface area (Å²) in [5.74, 6) is 0. The molecule has 2 rings (SSSR count). The molecule has 0 aliphatic carbocycles. The highest BCUT2D eigenvalue weighted by Gasteiger charge is 2.00. The summed E-state index contributed by atoms with van der Waals surface area (Å²) in [5, 5.41) is 4.30. The molecule has 0 aromatic heterocycles. The summed E-state index contributed by atoms with van der Waals surface area (Å²) in [4.78, 5) is 0. The minimum absolute atomic E-state index is 0.824. The summed E-state index contributed by atoms with van der Waals surface area (Å²) in [6.45, 7) is 5.97. The van der Waals surface area contributed by atoms with Crippen molar-refractivity contribution in [2.45, 2.75) is 26.8 Å². The first-order valence-electron chi connectivity index (χ1n) is 6.66. The second-order valence-corrected chi connectivity index (χ2v) is 5.42. The Hall–Kier alpha value is -1.31. The van der Waals surface area contributed by atoms with Crippen LogP contribution in [0.1, 0.15) is 22.3 Å². The zero-order chi connectivity index (χ0) is 13.7. The van der Waals surface area contributed by atoms with Crippen LogP contribution in [0.3, 0.4) is 0 Å². The Labute approximate surface area is 120 Å². The topological polar surface area (TPSA) is 12.0 Å². The maximum Gasteiger partial charge on any atom is 0.0453 e. The van der Waals surface area contributed by atoms with Crippen LogP contribution < -0.4 is 5.32 Å². The van der Waals surface area contributed by atoms with E-state index in [2.05, 4.69) is 55.6 Å². The molecule has 0 saturated carbocycles. The Morgan fingerprint density at radius 2 is 1.79 bits per heavy atom. The third-order valence-electron chi connectivity index (χ3n) is 3.20. The van der Waals surface area contributed by atoms with Crippen LogP contribution in [0.15, 0.2) is 42.5 Å². The number of halogens is 1. The molecule has 0 atom stereocenters. The predicted molar refractivity (Wildman–Crippen MR) is 82.8 cm³/mol. The van der Waals surface area contributed by atoms with E-state index < -0.39 is 0 Å². The average Bonchev–Trinajstić information content (AvgIpc) is 2.37. The molecule has 0 aliphatic heterocycles. The van der Waals surface area contributed by atoms with E-state index in [1.165, 1.54) is 16.7 Å². The van der Waals surface area contributed by atoms with Gasteiger partial charge >= 0.3 is 0 Å². The molecule has 0 fully saturated rings. The molecule has 2 heteroatoms. The van der Waals surface area contributed by atoms with Crippen LogP contribution in [0.5, 0.6) is 0 Å². The summed E-state index contributed by atoms with van der Waals surface area (Å²) >= 11 is 6.21. The monoisotopic (exact) mass is 273 g/mol. The number of hydrogen-bond donors (Lipinski definition) is 1. The van der Waals surface area contributed by atoms with Gasteiger partial charge in [-0.3, -0.25) is 0 Å². The van der Waals surface area contributed by atoms with Crippen molar-refractivity contribution in [2.75, 3.05) is 6.54 Å². The third-order valence-corrected chi connectivity index (χ3v) is 3.55. The standard InChI is InChI=1S/C17H20ClN/c1-13-4-3-5-15(10-13)8-9-19-12-16-7-6-14(2)11-17(16)18/h3-7,10-11,19H,8-9,12H2,1-2H3. The maximum absolute atomic E-state index is 6.21. The van der Waals surface area contributed by atoms with Crippen LogP contribution >= 0.6 is 11.6 Å². The first-order valence-corrected chi connectivity index (χ1v) is 7.04. The van der Waals surface area contributed by atoms with Crippen molar-refractivity contribution >= 4 is 11.6 Å². The molecule has 0 radical (unpaired) electrons. The molecular formula is C17H20ClN. The van der Waals surface area contributed by atoms with Gasteiger partial charge in [-0.2, -0.15) is 0 Å². The van der Waals surface area contributed by atoms with E-state index in [-0.39, 0.29) is 0 Å². The molecule has 0 unspecified atom stereocenters. The van der Waals surface area contributed by atoms with Crippen molar-refractivity contribution in [3.8, 4) is 0 Å². The lowest BCUT2D eigenvalue weighted by atomic mass is 10.1. The fourth-order valence-electron chi connectivity index (χ4n) is 2.12. The fraction of sp³-hybridized carbons (Fsp3) is 0.294. The summed E-state index contributed by atoms with van der Waals surface area (Å²) in [6.07, 6.45) is 1.05. The van der Waals surface area contributed by atoms with Gasteiger partial charge in [0.1, 0.15) is 0 Å². The van der Waals surface area contributed by atoms with Crippen molar-refractivity contribution < 1.29 is 0 Å². The lowest BCUT2D eigenvalue weighted by molar-refractivity contribution is 0.687. The molecule has 2 aromatic rings. The predicted octanol–water partition coefficient (Wildman–Crippen LogP) is 4.29. The Bertz CT molecular complexity index is 549. The van der Waals surface area contributed by atoms with Gasteiger partial charge in [0.25, 0.3) is 0 Å². The van der Waals surface area contributed by atoms with Gasteiger partial charge in [0.05, 0.1) is 0 Å². The van der Waals surface area contributed by atoms with Crippen molar-refractivity contribution in [3.05, 3.63) is 69.7 Å². The van der Waals surface area contributed by atoms with E-state index in [0.717, 1.165) is 30.1 Å². The van der Waals surface area contributed by atoms with E-state index in [0.29, 0.717) is 0 Å². The zero-order valence-corrected chi connectivity index (χ0v) is 12.3. The Morgan fingerprint density at radius 3 is 2.53 bits per heavy atom. The minimum atomic E-state index is 0.824. The van der Waals surface area contributed by atoms with Crippen molar-refractivity contribution in [1.82, 2.24) is 5.32 Å². The summed E-state index contributed by atoms with van der Waals surface area (Å²) in [5.41, 5.74) is 5.06. The fourth-order valence-corrected chi connectivity index (χ4v) is 2.42. The molecule has 0 saturated heterocycles. The number of benzene rings is 2. The van der Waals surface area contributed by atoms with Crippen molar-refractivity contribution in [1.29, 1.82) is 0 Å². The normalized spacial score (nSPS) is 10.7. The number of aryl methyl sites for hydroxylation is 2. The maximum atomic E-state index is 6.21. The molecule has 100 valence electrons. The molecular weight excluding hydrogens is 254 g/mol. The van der Waals surface area contributed by atoms with Gasteiger partial charge in [0.2, 0.25) is 0 Å². The first kappa shape index (κ1) is 14.1. The second kappa shape index (κ2) is 6.74. The molecule has 0 amide bonds. The summed E-state index contributed by atoms with van der Waals surface area (Å²) < 4.78 is 0. The second-order valence-electron chi connectivity index (χ2n) is 5.01. The Kier molecular flexibility index (Phi) is 5.00. The molecule has 19 heavy (non-hydrogen) atoms. The summed E-state index contributed by atoms with van der Waals surface area (Å²) in [6, 6.07) is 14.9. The van der Waals surface area contributed by atoms with E-state index >= 15 is 0 Å².